The van der Waals surface area contributed by atoms with Crippen LogP contribution in [0, 0.1) is 45.3 Å². The van der Waals surface area contributed by atoms with Crippen molar-refractivity contribution in [3.05, 3.63) is 19.6 Å². The Morgan fingerprint density at radius 1 is 0.529 bits per heavy atom. The van der Waals surface area contributed by atoms with Gasteiger partial charge in [-0.1, -0.05) is 0 Å². The van der Waals surface area contributed by atoms with E-state index >= 15 is 0 Å². The van der Waals surface area contributed by atoms with Crippen LogP contribution in [0.15, 0.2) is 19.6 Å². The molecule has 0 aromatic rings. The molecule has 0 saturated carbocycles. The summed E-state index contributed by atoms with van der Waals surface area (Å²) in [6, 6.07) is 6.95. The molecule has 0 N–H and O–H groups in total. The minimum absolute atomic E-state index is 0. The van der Waals surface area contributed by atoms with Crippen LogP contribution >= 0.6 is 0 Å². The second-order valence-corrected chi connectivity index (χ2v) is 3.95. The van der Waals surface area contributed by atoms with E-state index in [0.717, 1.165) is 0 Å². The maximum Gasteiger partial charge on any atom is 2.00 e. The van der Waals surface area contributed by atoms with Gasteiger partial charge in [0.1, 0.15) is 0 Å². The van der Waals surface area contributed by atoms with E-state index in [4.69, 9.17) is 21.0 Å². The summed E-state index contributed by atoms with van der Waals surface area (Å²) in [5.41, 5.74) is 0. The van der Waals surface area contributed by atoms with E-state index in [1.54, 1.807) is 24.3 Å². The molecule has 0 saturated heterocycles. The molecule has 0 aliphatic heterocycles. The van der Waals surface area contributed by atoms with E-state index in [-0.39, 0.29) is 36.7 Å². The van der Waals surface area contributed by atoms with Gasteiger partial charge in [-0.15, -0.1) is 0 Å². The van der Waals surface area contributed by atoms with E-state index in [1.807, 2.05) is 0 Å². The molecule has 0 unspecified atom stereocenters. The second-order valence-electron chi connectivity index (χ2n) is 1.95. The van der Waals surface area contributed by atoms with Gasteiger partial charge in [-0.05, 0) is 0 Å². The molecule has 0 amide bonds. The average Bonchev–Trinajstić information content (AvgIpc) is 2.35. The Bertz CT molecular complexity index is 394. The molecule has 0 aliphatic carbocycles. The minimum Gasteiger partial charge on any atom is -0.187 e. The van der Waals surface area contributed by atoms with Crippen LogP contribution in [0.2, 0.25) is 0 Å². The average molecular weight is 344 g/mol. The van der Waals surface area contributed by atoms with Crippen molar-refractivity contribution in [2.24, 2.45) is 0 Å². The van der Waals surface area contributed by atoms with Gasteiger partial charge in [0.25, 0.3) is 19.6 Å². The van der Waals surface area contributed by atoms with Gasteiger partial charge in [-0.25, -0.2) is 0 Å². The van der Waals surface area contributed by atoms with Crippen molar-refractivity contribution in [1.29, 1.82) is 21.0 Å². The zero-order chi connectivity index (χ0) is 13.1. The summed E-state index contributed by atoms with van der Waals surface area (Å²) in [5.74, 6) is 0. The summed E-state index contributed by atoms with van der Waals surface area (Å²) in [6.07, 6.45) is 0. The quantitative estimate of drug-likeness (QED) is 0.305. The normalized spacial score (nSPS) is 10.4. The van der Waals surface area contributed by atoms with Crippen LogP contribution in [0.4, 0.5) is 0 Å². The molecular formula is C8H8FeN4S4+6. The van der Waals surface area contributed by atoms with Crippen LogP contribution in [0.5, 0.6) is 0 Å². The molecule has 0 atom stereocenters. The third-order valence-corrected chi connectivity index (χ3v) is 2.89. The van der Waals surface area contributed by atoms with Gasteiger partial charge in [-0.2, -0.15) is 21.0 Å². The van der Waals surface area contributed by atoms with Crippen LogP contribution < -0.4 is 0 Å². The fraction of sp³-hybridized carbons (Fsp3) is 0. The molecule has 0 fully saturated rings. The maximum atomic E-state index is 8.10. The van der Waals surface area contributed by atoms with Gasteiger partial charge in [0.15, 0.2) is 24.3 Å². The van der Waals surface area contributed by atoms with E-state index in [1.165, 1.54) is 0 Å². The number of hydrogen-bond donors (Lipinski definition) is 0. The van der Waals surface area contributed by atoms with Gasteiger partial charge < -0.3 is 0 Å². The van der Waals surface area contributed by atoms with Crippen LogP contribution in [-0.2, 0) is 67.6 Å². The molecule has 9 heteroatoms. The number of allylic oxidation sites excluding steroid dienone is 4. The number of rotatable bonds is 0. The fourth-order valence-electron chi connectivity index (χ4n) is 0.224. The molecule has 0 aliphatic rings. The zero-order valence-corrected chi connectivity index (χ0v) is 13.2. The van der Waals surface area contributed by atoms with E-state index in [2.05, 4.69) is 50.5 Å². The van der Waals surface area contributed by atoms with Crippen molar-refractivity contribution in [1.82, 2.24) is 0 Å². The first kappa shape index (κ1) is 21.6. The molecule has 4 nitrogen and oxygen atoms in total. The SMILES string of the molecule is N#CC([SH2+])=C([SH2+])C#N.N#CC([SH2+])=C([SH2+])C#N.[Fe+2]. The Balaban J connectivity index is -0.000000218. The zero-order valence-electron chi connectivity index (χ0n) is 8.14. The molecule has 0 aromatic heterocycles. The second kappa shape index (κ2) is 13.4. The summed E-state index contributed by atoms with van der Waals surface area (Å²) in [5, 5.41) is 32.4. The predicted octanol–water partition coefficient (Wildman–Crippen LogP) is -1.47. The summed E-state index contributed by atoms with van der Waals surface area (Å²) >= 11 is 11.6. The van der Waals surface area contributed by atoms with Crippen molar-refractivity contribution in [2.45, 2.75) is 0 Å². The van der Waals surface area contributed by atoms with Gasteiger partial charge in [0.2, 0.25) is 0 Å². The van der Waals surface area contributed by atoms with Crippen LogP contribution in [0.3, 0.4) is 0 Å². The molecule has 0 heterocycles. The molecule has 17 heavy (non-hydrogen) atoms. The van der Waals surface area contributed by atoms with Gasteiger partial charge in [0, 0.05) is 50.5 Å². The van der Waals surface area contributed by atoms with Crippen molar-refractivity contribution in [3.63, 3.8) is 0 Å². The number of nitrogens with zero attached hydrogens (tertiary/aromatic N) is 4. The van der Waals surface area contributed by atoms with Crippen LogP contribution in [-0.4, -0.2) is 0 Å². The topological polar surface area (TPSA) is 95.2 Å². The third-order valence-electron chi connectivity index (χ3n) is 0.947. The summed E-state index contributed by atoms with van der Waals surface area (Å²) < 4.78 is 0. The third kappa shape index (κ3) is 11.6. The molecule has 0 spiro atoms. The minimum atomic E-state index is 0. The Labute approximate surface area is 132 Å². The van der Waals surface area contributed by atoms with Gasteiger partial charge in [-0.3, -0.25) is 0 Å². The van der Waals surface area contributed by atoms with Gasteiger partial charge >= 0.3 is 17.1 Å². The predicted molar refractivity (Wildman–Crippen MR) is 77.1 cm³/mol. The Morgan fingerprint density at radius 2 is 0.647 bits per heavy atom. The number of hydrogen-bond acceptors (Lipinski definition) is 4. The monoisotopic (exact) mass is 344 g/mol. The first-order chi connectivity index (χ1) is 7.44. The Hall–Kier alpha value is -0.641. The maximum absolute atomic E-state index is 8.10. The molecule has 0 radical (unpaired) electrons. The Kier molecular flexibility index (Phi) is 17.1. The van der Waals surface area contributed by atoms with E-state index in [9.17, 15) is 0 Å². The standard InChI is InChI=1S/2C4H2N2S2.Fe/c2*5-1-3(7)4(8)2-6;/h2*7-8H;/q;;+2/p+4. The fourth-order valence-corrected chi connectivity index (χ4v) is 0.447. The summed E-state index contributed by atoms with van der Waals surface area (Å²) in [7, 11) is 0. The first-order valence-corrected chi connectivity index (χ1v) is 5.39. The van der Waals surface area contributed by atoms with Crippen molar-refractivity contribution >= 4 is 50.5 Å². The summed E-state index contributed by atoms with van der Waals surface area (Å²) in [6.45, 7) is 0. The molecule has 0 bridgehead atoms. The van der Waals surface area contributed by atoms with E-state index in [0.29, 0.717) is 0 Å². The number of nitriles is 4. The van der Waals surface area contributed by atoms with Crippen molar-refractivity contribution in [3.8, 4) is 24.3 Å². The van der Waals surface area contributed by atoms with Crippen LogP contribution in [0.25, 0.3) is 0 Å². The van der Waals surface area contributed by atoms with Gasteiger partial charge in [0.05, 0.1) is 0 Å². The first-order valence-electron chi connectivity index (χ1n) is 3.39. The smallest absolute Gasteiger partial charge is 0.187 e. The molecule has 0 aromatic carbocycles. The Morgan fingerprint density at radius 3 is 0.706 bits per heavy atom. The summed E-state index contributed by atoms with van der Waals surface area (Å²) in [4.78, 5) is 0.849. The van der Waals surface area contributed by atoms with E-state index < -0.39 is 0 Å². The van der Waals surface area contributed by atoms with Crippen molar-refractivity contribution in [2.75, 3.05) is 0 Å². The van der Waals surface area contributed by atoms with Crippen LogP contribution in [0.1, 0.15) is 0 Å². The molecule has 86 valence electrons. The molecular weight excluding hydrogens is 336 g/mol. The van der Waals surface area contributed by atoms with Crippen molar-refractivity contribution < 1.29 is 17.1 Å². The largest absolute Gasteiger partial charge is 2.00 e. The molecule has 0 rings (SSSR count).